The van der Waals surface area contributed by atoms with Crippen LogP contribution in [-0.4, -0.2) is 52.9 Å². The van der Waals surface area contributed by atoms with Gasteiger partial charge >= 0.3 is 6.18 Å². The summed E-state index contributed by atoms with van der Waals surface area (Å²) in [5.74, 6) is -1.01. The molecule has 1 fully saturated rings. The Hall–Kier alpha value is -3.24. The van der Waals surface area contributed by atoms with Crippen LogP contribution in [0.4, 0.5) is 29.1 Å². The fourth-order valence-electron chi connectivity index (χ4n) is 4.69. The number of benzene rings is 2. The van der Waals surface area contributed by atoms with E-state index in [-0.39, 0.29) is 34.8 Å². The average molecular weight is 554 g/mol. The molecule has 0 saturated carbocycles. The summed E-state index contributed by atoms with van der Waals surface area (Å²) in [5, 5.41) is 7.16. The van der Waals surface area contributed by atoms with Gasteiger partial charge in [-0.15, -0.1) is 0 Å². The van der Waals surface area contributed by atoms with Crippen molar-refractivity contribution in [3.63, 3.8) is 0 Å². The van der Waals surface area contributed by atoms with E-state index in [2.05, 4.69) is 10.4 Å². The fourth-order valence-corrected chi connectivity index (χ4v) is 5.00. The zero-order valence-corrected chi connectivity index (χ0v) is 21.0. The maximum absolute atomic E-state index is 14.4. The highest BCUT2D eigenvalue weighted by atomic mass is 35.5. The lowest BCUT2D eigenvalue weighted by Crippen LogP contribution is -2.51. The molecule has 0 bridgehead atoms. The highest BCUT2D eigenvalue weighted by Gasteiger charge is 2.46. The van der Waals surface area contributed by atoms with E-state index in [1.54, 1.807) is 25.1 Å². The van der Waals surface area contributed by atoms with E-state index in [0.29, 0.717) is 24.3 Å². The van der Waals surface area contributed by atoms with Gasteiger partial charge in [-0.1, -0.05) is 29.3 Å². The number of carbonyl (C=O) groups is 1. The first kappa shape index (κ1) is 25.4. The van der Waals surface area contributed by atoms with Gasteiger partial charge in [0, 0.05) is 37.9 Å². The van der Waals surface area contributed by atoms with Crippen molar-refractivity contribution in [1.29, 1.82) is 0 Å². The summed E-state index contributed by atoms with van der Waals surface area (Å²) in [5.41, 5.74) is -0.0157. The van der Waals surface area contributed by atoms with Gasteiger partial charge in [-0.05, 0) is 48.9 Å². The number of anilines is 2. The molecule has 1 aromatic heterocycles. The Morgan fingerprint density at radius 2 is 1.68 bits per heavy atom. The molecule has 1 saturated heterocycles. The normalized spacial score (nSPS) is 18.1. The predicted molar refractivity (Wildman–Crippen MR) is 133 cm³/mol. The van der Waals surface area contributed by atoms with Crippen molar-refractivity contribution in [2.75, 3.05) is 36.4 Å². The standard InChI is InChI=1S/C25H21Cl2F4N5O/c1-14-12-20-32-23(25(29,30)31)21(22(36(20)33-14)15-2-7-18(26)19(27)13-15)24(37)35-10-8-34(9-11-35)17-5-3-16(28)4-6-17/h2-7,12-13,22,32H,8-11H2,1H3. The molecule has 37 heavy (non-hydrogen) atoms. The Kier molecular flexibility index (Phi) is 6.57. The zero-order chi connectivity index (χ0) is 26.5. The van der Waals surface area contributed by atoms with Crippen LogP contribution < -0.4 is 10.2 Å². The number of carbonyl (C=O) groups excluding carboxylic acids is 1. The van der Waals surface area contributed by atoms with E-state index < -0.39 is 29.4 Å². The number of hydrogen-bond acceptors (Lipinski definition) is 4. The number of rotatable bonds is 3. The first-order valence-electron chi connectivity index (χ1n) is 11.4. The molecular formula is C25H21Cl2F4N5O. The highest BCUT2D eigenvalue weighted by molar-refractivity contribution is 6.42. The second-order valence-corrected chi connectivity index (χ2v) is 9.67. The minimum absolute atomic E-state index is 0.110. The molecule has 3 heterocycles. The summed E-state index contributed by atoms with van der Waals surface area (Å²) in [6.45, 7) is 2.78. The molecule has 1 N–H and O–H groups in total. The van der Waals surface area contributed by atoms with Gasteiger partial charge in [0.05, 0.1) is 21.3 Å². The maximum atomic E-state index is 14.4. The molecule has 1 unspecified atom stereocenters. The quantitative estimate of drug-likeness (QED) is 0.415. The van der Waals surface area contributed by atoms with Gasteiger partial charge in [0.25, 0.3) is 5.91 Å². The molecule has 12 heteroatoms. The smallest absolute Gasteiger partial charge is 0.368 e. The van der Waals surface area contributed by atoms with Crippen molar-refractivity contribution < 1.29 is 22.4 Å². The van der Waals surface area contributed by atoms with E-state index in [1.807, 2.05) is 4.90 Å². The number of halogens is 6. The van der Waals surface area contributed by atoms with E-state index in [0.717, 1.165) is 5.69 Å². The monoisotopic (exact) mass is 553 g/mol. The number of aromatic nitrogens is 2. The summed E-state index contributed by atoms with van der Waals surface area (Å²) in [6.07, 6.45) is -4.83. The van der Waals surface area contributed by atoms with Crippen LogP contribution in [0.1, 0.15) is 17.3 Å². The number of alkyl halides is 3. The third kappa shape index (κ3) is 4.87. The summed E-state index contributed by atoms with van der Waals surface area (Å²) in [4.78, 5) is 17.2. The van der Waals surface area contributed by atoms with Gasteiger partial charge in [0.2, 0.25) is 0 Å². The van der Waals surface area contributed by atoms with E-state index in [9.17, 15) is 22.4 Å². The summed E-state index contributed by atoms with van der Waals surface area (Å²) < 4.78 is 57.7. The highest BCUT2D eigenvalue weighted by Crippen LogP contribution is 2.43. The molecule has 5 rings (SSSR count). The van der Waals surface area contributed by atoms with E-state index >= 15 is 0 Å². The predicted octanol–water partition coefficient (Wildman–Crippen LogP) is 5.82. The summed E-state index contributed by atoms with van der Waals surface area (Å²) >= 11 is 12.3. The van der Waals surface area contributed by atoms with Crippen molar-refractivity contribution in [3.8, 4) is 0 Å². The van der Waals surface area contributed by atoms with Crippen LogP contribution in [0, 0.1) is 12.7 Å². The van der Waals surface area contributed by atoms with Gasteiger partial charge in [0.1, 0.15) is 23.4 Å². The van der Waals surface area contributed by atoms with Crippen LogP contribution in [-0.2, 0) is 4.79 Å². The van der Waals surface area contributed by atoms with Crippen molar-refractivity contribution in [2.45, 2.75) is 19.1 Å². The van der Waals surface area contributed by atoms with Crippen LogP contribution >= 0.6 is 23.2 Å². The van der Waals surface area contributed by atoms with Gasteiger partial charge in [-0.2, -0.15) is 18.3 Å². The van der Waals surface area contributed by atoms with Crippen LogP contribution in [0.3, 0.4) is 0 Å². The van der Waals surface area contributed by atoms with Crippen LogP contribution in [0.25, 0.3) is 0 Å². The molecule has 1 amide bonds. The average Bonchev–Trinajstić information content (AvgIpc) is 3.24. The largest absolute Gasteiger partial charge is 0.431 e. The minimum atomic E-state index is -4.83. The Balaban J connectivity index is 1.53. The van der Waals surface area contributed by atoms with Crippen molar-refractivity contribution in [2.24, 2.45) is 0 Å². The Bertz CT molecular complexity index is 1380. The van der Waals surface area contributed by atoms with Crippen LogP contribution in [0.15, 0.2) is 59.8 Å². The summed E-state index contributed by atoms with van der Waals surface area (Å²) in [6, 6.07) is 10.7. The molecule has 0 aliphatic carbocycles. The Morgan fingerprint density at radius 3 is 2.30 bits per heavy atom. The number of piperazine rings is 1. The number of allylic oxidation sites excluding steroid dienone is 1. The first-order chi connectivity index (χ1) is 17.5. The zero-order valence-electron chi connectivity index (χ0n) is 19.5. The number of amides is 1. The number of nitrogens with zero attached hydrogens (tertiary/aromatic N) is 4. The summed E-state index contributed by atoms with van der Waals surface area (Å²) in [7, 11) is 0. The van der Waals surface area contributed by atoms with Crippen LogP contribution in [0.5, 0.6) is 0 Å². The fraction of sp³-hybridized carbons (Fsp3) is 0.280. The lowest BCUT2D eigenvalue weighted by molar-refractivity contribution is -0.129. The molecular weight excluding hydrogens is 533 g/mol. The number of hydrogen-bond donors (Lipinski definition) is 1. The van der Waals surface area contributed by atoms with Crippen LogP contribution in [0.2, 0.25) is 10.0 Å². The number of nitrogens with one attached hydrogen (secondary N) is 1. The second kappa shape index (κ2) is 9.57. The molecule has 194 valence electrons. The maximum Gasteiger partial charge on any atom is 0.431 e. The number of fused-ring (bicyclic) bond motifs is 1. The molecule has 0 radical (unpaired) electrons. The van der Waals surface area contributed by atoms with Gasteiger partial charge in [-0.25, -0.2) is 9.07 Å². The van der Waals surface area contributed by atoms with Crippen molar-refractivity contribution in [1.82, 2.24) is 14.7 Å². The third-order valence-electron chi connectivity index (χ3n) is 6.43. The van der Waals surface area contributed by atoms with Crippen molar-refractivity contribution in [3.05, 3.63) is 86.9 Å². The molecule has 2 aromatic carbocycles. The van der Waals surface area contributed by atoms with Gasteiger partial charge in [-0.3, -0.25) is 4.79 Å². The van der Waals surface area contributed by atoms with Crippen molar-refractivity contribution >= 4 is 40.6 Å². The SMILES string of the molecule is Cc1cc2n(n1)C(c1ccc(Cl)c(Cl)c1)C(C(=O)N1CCN(c3ccc(F)cc3)CC1)=C(C(F)(F)F)N2. The topological polar surface area (TPSA) is 53.4 Å². The minimum Gasteiger partial charge on any atom is -0.368 e. The first-order valence-corrected chi connectivity index (χ1v) is 12.2. The Labute approximate surface area is 220 Å². The lowest BCUT2D eigenvalue weighted by atomic mass is 9.93. The molecule has 1 atom stereocenters. The van der Waals surface area contributed by atoms with E-state index in [1.165, 1.54) is 39.9 Å². The Morgan fingerprint density at radius 1 is 1.00 bits per heavy atom. The van der Waals surface area contributed by atoms with E-state index in [4.69, 9.17) is 23.2 Å². The van der Waals surface area contributed by atoms with Gasteiger partial charge in [0.15, 0.2) is 0 Å². The number of aryl methyl sites for hydroxylation is 1. The second-order valence-electron chi connectivity index (χ2n) is 8.86. The molecule has 0 spiro atoms. The molecule has 2 aliphatic heterocycles. The third-order valence-corrected chi connectivity index (χ3v) is 7.17. The molecule has 6 nitrogen and oxygen atoms in total. The van der Waals surface area contributed by atoms with Gasteiger partial charge < -0.3 is 15.1 Å². The lowest BCUT2D eigenvalue weighted by Gasteiger charge is -2.39. The molecule has 3 aromatic rings. The molecule has 2 aliphatic rings.